The van der Waals surface area contributed by atoms with Gasteiger partial charge in [0.15, 0.2) is 6.17 Å². The molecule has 3 atom stereocenters. The quantitative estimate of drug-likeness (QED) is 0.316. The van der Waals surface area contributed by atoms with Crippen LogP contribution < -0.4 is 26.6 Å². The van der Waals surface area contributed by atoms with Crippen LogP contribution in [0.1, 0.15) is 0 Å². The lowest BCUT2D eigenvalue weighted by atomic mass is 9.99. The lowest BCUT2D eigenvalue weighted by molar-refractivity contribution is -0.121. The predicted octanol–water partition coefficient (Wildman–Crippen LogP) is -0.750. The van der Waals surface area contributed by atoms with Crippen LogP contribution in [0.2, 0.25) is 0 Å². The molecule has 1 aromatic rings. The summed E-state index contributed by atoms with van der Waals surface area (Å²) in [6, 6.07) is 2.36. The summed E-state index contributed by atoms with van der Waals surface area (Å²) < 4.78 is 0. The van der Waals surface area contributed by atoms with Crippen LogP contribution in [0, 0.1) is 10.8 Å². The van der Waals surface area contributed by atoms with E-state index in [9.17, 15) is 9.70 Å². The Hall–Kier alpha value is -1.89. The number of nitrogens with one attached hydrogen (secondary N) is 3. The number of aromatic nitrogens is 1. The Bertz CT molecular complexity index is 807. The predicted molar refractivity (Wildman–Crippen MR) is 125 cm³/mol. The molecule has 4 heterocycles. The van der Waals surface area contributed by atoms with Crippen LogP contribution in [0.3, 0.4) is 0 Å². The van der Waals surface area contributed by atoms with E-state index in [4.69, 9.17) is 17.3 Å². The van der Waals surface area contributed by atoms with Gasteiger partial charge >= 0.3 is 0 Å². The van der Waals surface area contributed by atoms with Gasteiger partial charge in [0.1, 0.15) is 5.92 Å². The van der Waals surface area contributed by atoms with E-state index in [0.717, 1.165) is 45.0 Å². The molecule has 1 aromatic heterocycles. The lowest BCUT2D eigenvalue weighted by Gasteiger charge is -2.47. The number of carbonyl (C=O) groups is 1. The van der Waals surface area contributed by atoms with Crippen molar-refractivity contribution in [3.63, 3.8) is 0 Å². The standard InChI is InChI=1S/C20H32ClN9O2/c1-28-4-5-29-6-7-30(12-14(29)11-28)16-2-3-23-10-15(16)26-20(31)17(18(22)27-32)19-24-8-13(21)9-25-19/h2-3,10,13-14,17-19,24-25H,4-9,11-12,22H2,1H3,(H,26,31). The SMILES string of the molecule is CN1CCN2CCN(c3ccncc3NC(=O)C(C(N)N=O)C3NCC(Cl)CN3)CC2C1. The highest BCUT2D eigenvalue weighted by Gasteiger charge is 2.37. The Morgan fingerprint density at radius 3 is 2.78 bits per heavy atom. The number of hydrogen-bond donors (Lipinski definition) is 4. The molecule has 3 unspecified atom stereocenters. The molecule has 176 valence electrons. The second-order valence-electron chi connectivity index (χ2n) is 8.79. The molecule has 4 rings (SSSR count). The van der Waals surface area contributed by atoms with Gasteiger partial charge in [-0.1, -0.05) is 5.18 Å². The molecule has 0 aliphatic carbocycles. The zero-order chi connectivity index (χ0) is 22.7. The molecule has 0 spiro atoms. The van der Waals surface area contributed by atoms with Gasteiger partial charge in [0.25, 0.3) is 0 Å². The molecule has 3 saturated heterocycles. The summed E-state index contributed by atoms with van der Waals surface area (Å²) in [5, 5.41) is 12.1. The fraction of sp³-hybridized carbons (Fsp3) is 0.700. The molecular weight excluding hydrogens is 434 g/mol. The van der Waals surface area contributed by atoms with Gasteiger partial charge in [-0.05, 0) is 13.1 Å². The van der Waals surface area contributed by atoms with E-state index in [2.05, 4.69) is 47.9 Å². The van der Waals surface area contributed by atoms with Crippen molar-refractivity contribution in [2.24, 2.45) is 16.8 Å². The van der Waals surface area contributed by atoms with E-state index >= 15 is 0 Å². The minimum atomic E-state index is -1.20. The fourth-order valence-corrected chi connectivity index (χ4v) is 4.96. The number of amides is 1. The Balaban J connectivity index is 1.49. The number of alkyl halides is 1. The molecule has 5 N–H and O–H groups in total. The number of carbonyl (C=O) groups excluding carboxylic acids is 1. The third-order valence-electron chi connectivity index (χ3n) is 6.56. The molecule has 0 radical (unpaired) electrons. The number of likely N-dealkylation sites (N-methyl/N-ethyl adjacent to an activating group) is 1. The van der Waals surface area contributed by atoms with Gasteiger partial charge in [0, 0.05) is 64.6 Å². The Kier molecular flexibility index (Phi) is 7.54. The summed E-state index contributed by atoms with van der Waals surface area (Å²) in [5.41, 5.74) is 7.43. The van der Waals surface area contributed by atoms with Crippen molar-refractivity contribution in [1.82, 2.24) is 25.4 Å². The van der Waals surface area contributed by atoms with Crippen LogP contribution in [0.5, 0.6) is 0 Å². The number of hydrogen-bond acceptors (Lipinski definition) is 10. The molecule has 32 heavy (non-hydrogen) atoms. The summed E-state index contributed by atoms with van der Waals surface area (Å²) in [6.07, 6.45) is 1.67. The van der Waals surface area contributed by atoms with Crippen LogP contribution >= 0.6 is 11.6 Å². The highest BCUT2D eigenvalue weighted by Crippen LogP contribution is 2.29. The van der Waals surface area contributed by atoms with Crippen LogP contribution in [0.4, 0.5) is 11.4 Å². The van der Waals surface area contributed by atoms with Crippen molar-refractivity contribution in [2.75, 3.05) is 69.6 Å². The number of anilines is 2. The maximum Gasteiger partial charge on any atom is 0.234 e. The Labute approximate surface area is 193 Å². The van der Waals surface area contributed by atoms with Gasteiger partial charge in [-0.2, -0.15) is 0 Å². The van der Waals surface area contributed by atoms with Crippen LogP contribution in [-0.4, -0.2) is 104 Å². The molecule has 1 amide bonds. The minimum Gasteiger partial charge on any atom is -0.367 e. The topological polar surface area (TPSA) is 131 Å². The zero-order valence-electron chi connectivity index (χ0n) is 18.3. The molecular formula is C20H32ClN9O2. The van der Waals surface area contributed by atoms with Crippen LogP contribution in [-0.2, 0) is 4.79 Å². The van der Waals surface area contributed by atoms with Crippen LogP contribution in [0.25, 0.3) is 0 Å². The zero-order valence-corrected chi connectivity index (χ0v) is 19.0. The summed E-state index contributed by atoms with van der Waals surface area (Å²) in [7, 11) is 2.15. The number of rotatable bonds is 6. The van der Waals surface area contributed by atoms with E-state index in [1.54, 1.807) is 12.4 Å². The monoisotopic (exact) mass is 465 g/mol. The molecule has 3 fully saturated rings. The smallest absolute Gasteiger partial charge is 0.234 e. The molecule has 3 aliphatic rings. The molecule has 3 aliphatic heterocycles. The Morgan fingerprint density at radius 1 is 1.28 bits per heavy atom. The van der Waals surface area contributed by atoms with E-state index in [1.807, 2.05) is 6.07 Å². The summed E-state index contributed by atoms with van der Waals surface area (Å²) >= 11 is 6.11. The largest absolute Gasteiger partial charge is 0.367 e. The number of piperazine rings is 2. The summed E-state index contributed by atoms with van der Waals surface area (Å²) in [6.45, 7) is 6.93. The van der Waals surface area contributed by atoms with Gasteiger partial charge < -0.3 is 20.9 Å². The summed E-state index contributed by atoms with van der Waals surface area (Å²) in [5.74, 6) is -1.28. The molecule has 0 saturated carbocycles. The number of nitroso groups, excluding NO2 is 1. The van der Waals surface area contributed by atoms with Crippen molar-refractivity contribution in [3.8, 4) is 0 Å². The maximum atomic E-state index is 13.2. The Morgan fingerprint density at radius 2 is 2.03 bits per heavy atom. The van der Waals surface area contributed by atoms with Gasteiger partial charge in [0.05, 0.1) is 29.1 Å². The maximum absolute atomic E-state index is 13.2. The highest BCUT2D eigenvalue weighted by atomic mass is 35.5. The second kappa shape index (κ2) is 10.4. The van der Waals surface area contributed by atoms with Gasteiger partial charge in [-0.15, -0.1) is 16.5 Å². The van der Waals surface area contributed by atoms with E-state index in [1.165, 1.54) is 0 Å². The lowest BCUT2D eigenvalue weighted by Crippen LogP contribution is -2.62. The average molecular weight is 466 g/mol. The fourth-order valence-electron chi connectivity index (χ4n) is 4.78. The van der Waals surface area contributed by atoms with Crippen molar-refractivity contribution in [2.45, 2.75) is 23.8 Å². The van der Waals surface area contributed by atoms with Gasteiger partial charge in [0.2, 0.25) is 5.91 Å². The van der Waals surface area contributed by atoms with Gasteiger partial charge in [-0.3, -0.25) is 25.3 Å². The highest BCUT2D eigenvalue weighted by molar-refractivity contribution is 6.21. The number of nitrogens with zero attached hydrogens (tertiary/aromatic N) is 5. The third kappa shape index (κ3) is 5.19. The number of pyridine rings is 1. The number of nitrogens with two attached hydrogens (primary N) is 1. The van der Waals surface area contributed by atoms with E-state index < -0.39 is 18.2 Å². The summed E-state index contributed by atoms with van der Waals surface area (Å²) in [4.78, 5) is 35.8. The number of halogens is 1. The molecule has 11 nitrogen and oxygen atoms in total. The number of fused-ring (bicyclic) bond motifs is 1. The first-order valence-electron chi connectivity index (χ1n) is 11.1. The van der Waals surface area contributed by atoms with Gasteiger partial charge in [-0.25, -0.2) is 0 Å². The average Bonchev–Trinajstić information content (AvgIpc) is 2.80. The first kappa shape index (κ1) is 23.3. The minimum absolute atomic E-state index is 0.0993. The van der Waals surface area contributed by atoms with E-state index in [0.29, 0.717) is 24.8 Å². The first-order chi connectivity index (χ1) is 15.5. The first-order valence-corrected chi connectivity index (χ1v) is 11.5. The molecule has 12 heteroatoms. The van der Waals surface area contributed by atoms with Crippen molar-refractivity contribution in [3.05, 3.63) is 23.4 Å². The molecule has 0 aromatic carbocycles. The normalized spacial score (nSPS) is 29.1. The second-order valence-corrected chi connectivity index (χ2v) is 9.41. The van der Waals surface area contributed by atoms with E-state index in [-0.39, 0.29) is 11.3 Å². The van der Waals surface area contributed by atoms with Crippen molar-refractivity contribution < 1.29 is 4.79 Å². The van der Waals surface area contributed by atoms with Crippen molar-refractivity contribution in [1.29, 1.82) is 0 Å². The third-order valence-corrected chi connectivity index (χ3v) is 6.87. The molecule has 0 bridgehead atoms. The van der Waals surface area contributed by atoms with Crippen LogP contribution in [0.15, 0.2) is 23.6 Å². The van der Waals surface area contributed by atoms with Crippen molar-refractivity contribution >= 4 is 28.9 Å².